The van der Waals surface area contributed by atoms with E-state index in [0.29, 0.717) is 6.20 Å². The second-order valence-electron chi connectivity index (χ2n) is 4.20. The lowest BCUT2D eigenvalue weighted by molar-refractivity contribution is -0.137. The zero-order valence-corrected chi connectivity index (χ0v) is 11.0. The van der Waals surface area contributed by atoms with Gasteiger partial charge in [-0.2, -0.15) is 18.3 Å². The Kier molecular flexibility index (Phi) is 3.96. The van der Waals surface area contributed by atoms with Crippen molar-refractivity contribution < 1.29 is 18.3 Å². The van der Waals surface area contributed by atoms with Gasteiger partial charge in [-0.1, -0.05) is 0 Å². The van der Waals surface area contributed by atoms with Crippen molar-refractivity contribution in [3.63, 3.8) is 0 Å². The fourth-order valence-electron chi connectivity index (χ4n) is 1.64. The Bertz CT molecular complexity index is 612. The molecule has 5 nitrogen and oxygen atoms in total. The average Bonchev–Trinajstić information content (AvgIpc) is 2.74. The number of rotatable bonds is 3. The van der Waals surface area contributed by atoms with Gasteiger partial charge in [0, 0.05) is 18.0 Å². The van der Waals surface area contributed by atoms with Gasteiger partial charge in [-0.3, -0.25) is 4.68 Å². The Hall–Kier alpha value is -1.67. The predicted octanol–water partition coefficient (Wildman–Crippen LogP) is 2.39. The number of hydrogen-bond acceptors (Lipinski definition) is 4. The van der Waals surface area contributed by atoms with Crippen LogP contribution in [0.25, 0.3) is 11.3 Å². The Morgan fingerprint density at radius 2 is 2.10 bits per heavy atom. The van der Waals surface area contributed by atoms with Crippen molar-refractivity contribution >= 4 is 11.6 Å². The molecule has 1 atom stereocenters. The van der Waals surface area contributed by atoms with Crippen molar-refractivity contribution in [2.45, 2.75) is 25.7 Å². The molecule has 1 unspecified atom stereocenters. The molecule has 2 aromatic heterocycles. The maximum atomic E-state index is 12.9. The quantitative estimate of drug-likeness (QED) is 0.884. The molecule has 0 fully saturated rings. The molecule has 2 rings (SSSR count). The molecule has 108 valence electrons. The molecule has 2 heterocycles. The zero-order chi connectivity index (χ0) is 14.9. The van der Waals surface area contributed by atoms with Gasteiger partial charge in [0.25, 0.3) is 0 Å². The minimum Gasteiger partial charge on any atom is -0.391 e. The number of aliphatic hydroxyl groups is 1. The Balaban J connectivity index is 2.46. The molecule has 20 heavy (non-hydrogen) atoms. The fourth-order valence-corrected chi connectivity index (χ4v) is 1.78. The summed E-state index contributed by atoms with van der Waals surface area (Å²) >= 11 is 5.55. The van der Waals surface area contributed by atoms with Crippen molar-refractivity contribution in [2.24, 2.45) is 0 Å². The van der Waals surface area contributed by atoms with E-state index in [0.717, 1.165) is 0 Å². The van der Waals surface area contributed by atoms with Crippen molar-refractivity contribution in [1.29, 1.82) is 0 Å². The second-order valence-corrected chi connectivity index (χ2v) is 4.54. The first-order valence-corrected chi connectivity index (χ1v) is 5.96. The standard InChI is InChI=1S/C11H10ClF3N4O/c1-6(20)4-19-5-7(2-17-19)9-8(11(13,14)15)3-16-10(12)18-9/h2-3,5-6,20H,4H2,1H3. The largest absolute Gasteiger partial charge is 0.419 e. The van der Waals surface area contributed by atoms with Crippen LogP contribution in [0.15, 0.2) is 18.6 Å². The zero-order valence-electron chi connectivity index (χ0n) is 10.3. The van der Waals surface area contributed by atoms with E-state index in [-0.39, 0.29) is 23.1 Å². The number of aliphatic hydroxyl groups excluding tert-OH is 1. The lowest BCUT2D eigenvalue weighted by atomic mass is 10.1. The van der Waals surface area contributed by atoms with E-state index in [1.54, 1.807) is 6.92 Å². The molecule has 0 aliphatic heterocycles. The lowest BCUT2D eigenvalue weighted by Crippen LogP contribution is -2.12. The smallest absolute Gasteiger partial charge is 0.391 e. The summed E-state index contributed by atoms with van der Waals surface area (Å²) in [4.78, 5) is 6.97. The molecule has 0 spiro atoms. The Labute approximate surface area is 117 Å². The average molecular weight is 307 g/mol. The number of aromatic nitrogens is 4. The summed E-state index contributed by atoms with van der Waals surface area (Å²) in [5, 5.41) is 12.8. The van der Waals surface area contributed by atoms with Crippen LogP contribution in [0.4, 0.5) is 13.2 Å². The molecule has 0 saturated heterocycles. The van der Waals surface area contributed by atoms with E-state index < -0.39 is 17.8 Å². The van der Waals surface area contributed by atoms with Crippen LogP contribution in [0.1, 0.15) is 12.5 Å². The third-order valence-corrected chi connectivity index (χ3v) is 2.60. The summed E-state index contributed by atoms with van der Waals surface area (Å²) in [5.41, 5.74) is -1.17. The number of alkyl halides is 3. The summed E-state index contributed by atoms with van der Waals surface area (Å²) < 4.78 is 40.0. The first kappa shape index (κ1) is 14.7. The molecule has 2 aromatic rings. The molecule has 0 aliphatic rings. The minimum atomic E-state index is -4.59. The summed E-state index contributed by atoms with van der Waals surface area (Å²) in [7, 11) is 0. The van der Waals surface area contributed by atoms with Crippen LogP contribution in [0.5, 0.6) is 0 Å². The summed E-state index contributed by atoms with van der Waals surface area (Å²) in [6.07, 6.45) is -2.03. The highest BCUT2D eigenvalue weighted by molar-refractivity contribution is 6.28. The highest BCUT2D eigenvalue weighted by atomic mass is 35.5. The molecule has 1 N–H and O–H groups in total. The van der Waals surface area contributed by atoms with E-state index >= 15 is 0 Å². The second kappa shape index (κ2) is 5.37. The van der Waals surface area contributed by atoms with Crippen molar-refractivity contribution in [1.82, 2.24) is 19.7 Å². The third-order valence-electron chi connectivity index (χ3n) is 2.42. The van der Waals surface area contributed by atoms with Gasteiger partial charge in [0.05, 0.1) is 24.5 Å². The topological polar surface area (TPSA) is 63.8 Å². The number of hydrogen-bond donors (Lipinski definition) is 1. The van der Waals surface area contributed by atoms with Crippen LogP contribution in [0, 0.1) is 0 Å². The van der Waals surface area contributed by atoms with E-state index in [2.05, 4.69) is 15.1 Å². The first-order valence-electron chi connectivity index (χ1n) is 5.58. The number of nitrogens with zero attached hydrogens (tertiary/aromatic N) is 4. The fraction of sp³-hybridized carbons (Fsp3) is 0.364. The van der Waals surface area contributed by atoms with Crippen molar-refractivity contribution in [3.8, 4) is 11.3 Å². The van der Waals surface area contributed by atoms with Gasteiger partial charge in [0.15, 0.2) is 0 Å². The number of halogens is 4. The molecule has 0 aliphatic carbocycles. The third kappa shape index (κ3) is 3.26. The molecule has 9 heteroatoms. The van der Waals surface area contributed by atoms with Crippen molar-refractivity contribution in [2.75, 3.05) is 0 Å². The molecular weight excluding hydrogens is 297 g/mol. The van der Waals surface area contributed by atoms with Gasteiger partial charge in [0.1, 0.15) is 5.56 Å². The first-order chi connectivity index (χ1) is 9.27. The predicted molar refractivity (Wildman–Crippen MR) is 64.9 cm³/mol. The summed E-state index contributed by atoms with van der Waals surface area (Å²) in [6.45, 7) is 1.71. The molecule has 0 saturated carbocycles. The van der Waals surface area contributed by atoms with Gasteiger partial charge >= 0.3 is 6.18 Å². The maximum absolute atomic E-state index is 12.9. The highest BCUT2D eigenvalue weighted by Crippen LogP contribution is 2.35. The summed E-state index contributed by atoms with van der Waals surface area (Å²) in [5.74, 6) is 0. The van der Waals surface area contributed by atoms with Gasteiger partial charge < -0.3 is 5.11 Å². The van der Waals surface area contributed by atoms with E-state index in [1.165, 1.54) is 17.1 Å². The van der Waals surface area contributed by atoms with Crippen molar-refractivity contribution in [3.05, 3.63) is 29.4 Å². The van der Waals surface area contributed by atoms with Gasteiger partial charge in [-0.05, 0) is 18.5 Å². The monoisotopic (exact) mass is 306 g/mol. The summed E-state index contributed by atoms with van der Waals surface area (Å²) in [6, 6.07) is 0. The van der Waals surface area contributed by atoms with Gasteiger partial charge in [-0.25, -0.2) is 9.97 Å². The van der Waals surface area contributed by atoms with Crippen LogP contribution in [0.3, 0.4) is 0 Å². The van der Waals surface area contributed by atoms with Crippen LogP contribution in [0.2, 0.25) is 5.28 Å². The SMILES string of the molecule is CC(O)Cn1cc(-c2nc(Cl)ncc2C(F)(F)F)cn1. The molecule has 0 bridgehead atoms. The highest BCUT2D eigenvalue weighted by Gasteiger charge is 2.35. The van der Waals surface area contributed by atoms with Crippen LogP contribution < -0.4 is 0 Å². The van der Waals surface area contributed by atoms with Crippen LogP contribution >= 0.6 is 11.6 Å². The van der Waals surface area contributed by atoms with Crippen LogP contribution in [-0.2, 0) is 12.7 Å². The Morgan fingerprint density at radius 1 is 1.40 bits per heavy atom. The van der Waals surface area contributed by atoms with Gasteiger partial charge in [-0.15, -0.1) is 0 Å². The van der Waals surface area contributed by atoms with E-state index in [1.807, 2.05) is 0 Å². The maximum Gasteiger partial charge on any atom is 0.419 e. The molecular formula is C11H10ClF3N4O. The molecule has 0 radical (unpaired) electrons. The Morgan fingerprint density at radius 3 is 2.70 bits per heavy atom. The normalized spacial score (nSPS) is 13.5. The molecule has 0 amide bonds. The van der Waals surface area contributed by atoms with Crippen LogP contribution in [-0.4, -0.2) is 31.0 Å². The van der Waals surface area contributed by atoms with Gasteiger partial charge in [0.2, 0.25) is 5.28 Å². The molecule has 0 aromatic carbocycles. The van der Waals surface area contributed by atoms with E-state index in [9.17, 15) is 18.3 Å². The van der Waals surface area contributed by atoms with E-state index in [4.69, 9.17) is 11.6 Å². The lowest BCUT2D eigenvalue weighted by Gasteiger charge is -2.10. The minimum absolute atomic E-state index is 0.155.